The van der Waals surface area contributed by atoms with Gasteiger partial charge < -0.3 is 20.5 Å². The Hall–Kier alpha value is -3.00. The highest BCUT2D eigenvalue weighted by atomic mass is 19.1. The number of carbonyl (C=O) groups is 2. The number of carbonyl (C=O) groups excluding carboxylic acids is 1. The first-order chi connectivity index (χ1) is 19.2. The number of nitrogens with one attached hydrogen (secondary N) is 2. The fourth-order valence-electron chi connectivity index (χ4n) is 7.29. The van der Waals surface area contributed by atoms with Gasteiger partial charge in [-0.3, -0.25) is 9.59 Å². The van der Waals surface area contributed by atoms with Crippen LogP contribution in [0.15, 0.2) is 36.4 Å². The number of hydrogen-bond acceptors (Lipinski definition) is 4. The highest BCUT2D eigenvalue weighted by Crippen LogP contribution is 2.46. The molecule has 6 nitrogen and oxygen atoms in total. The first-order valence-electron chi connectivity index (χ1n) is 14.8. The smallest absolute Gasteiger partial charge is 0.307 e. The average Bonchev–Trinajstić information content (AvgIpc) is 3.61. The summed E-state index contributed by atoms with van der Waals surface area (Å²) in [4.78, 5) is 24.4. The van der Waals surface area contributed by atoms with Gasteiger partial charge in [-0.05, 0) is 79.3 Å². The molecule has 3 saturated carbocycles. The molecule has 2 aromatic rings. The Labute approximate surface area is 233 Å². The molecule has 1 aliphatic heterocycles. The first-order valence-corrected chi connectivity index (χ1v) is 14.8. The largest absolute Gasteiger partial charge is 0.490 e. The summed E-state index contributed by atoms with van der Waals surface area (Å²) >= 11 is 0. The van der Waals surface area contributed by atoms with Crippen LogP contribution in [0, 0.1) is 5.82 Å². The van der Waals surface area contributed by atoms with Crippen molar-refractivity contribution in [3.63, 3.8) is 0 Å². The van der Waals surface area contributed by atoms with Crippen LogP contribution in [0.5, 0.6) is 5.75 Å². The summed E-state index contributed by atoms with van der Waals surface area (Å²) in [7, 11) is 0. The molecular weight excluding hydrogens is 514 g/mol. The van der Waals surface area contributed by atoms with E-state index in [2.05, 4.69) is 10.6 Å². The molecule has 0 aromatic heterocycles. The normalized spacial score (nSPS) is 27.6. The zero-order valence-corrected chi connectivity index (χ0v) is 22.8. The average molecular weight is 553 g/mol. The van der Waals surface area contributed by atoms with E-state index in [9.17, 15) is 14.7 Å². The number of carboxylic acids is 1. The highest BCUT2D eigenvalue weighted by Gasteiger charge is 2.54. The molecule has 3 atom stereocenters. The van der Waals surface area contributed by atoms with Crippen LogP contribution in [-0.2, 0) is 16.0 Å². The maximum atomic E-state index is 15.7. The Bertz CT molecular complexity index is 1290. The summed E-state index contributed by atoms with van der Waals surface area (Å²) in [5.74, 6) is -1.00. The van der Waals surface area contributed by atoms with Crippen LogP contribution < -0.4 is 15.4 Å². The Morgan fingerprint density at radius 2 is 1.85 bits per heavy atom. The minimum absolute atomic E-state index is 0.0640. The number of amides is 1. The molecule has 4 fully saturated rings. The molecule has 0 radical (unpaired) electrons. The predicted molar refractivity (Wildman–Crippen MR) is 148 cm³/mol. The van der Waals surface area contributed by atoms with Gasteiger partial charge >= 0.3 is 5.97 Å². The van der Waals surface area contributed by atoms with Crippen LogP contribution in [0.4, 0.5) is 8.78 Å². The standard InChI is InChI=1S/C32H38F2N2O4/c33-26-8-4-7-24(29(26)21-5-3-6-21)25-15-20(16-28(37)38)9-12-27(25)40-23-11-10-22(17-23)36-30(39)32(34)18-31(35-19-32)13-1-2-14-31/h4,7-9,12,15,21-23,35H,1-3,5-6,10-11,13-14,16-19H2,(H,36,39)(H,37,38)/t22-,23-,32-/m1/s1. The number of carboxylic acid groups (broad SMARTS) is 1. The van der Waals surface area contributed by atoms with Gasteiger partial charge in [0.15, 0.2) is 0 Å². The summed E-state index contributed by atoms with van der Waals surface area (Å²) in [6.45, 7) is 0.0640. The number of alkyl halides is 1. The Kier molecular flexibility index (Phi) is 7.32. The van der Waals surface area contributed by atoms with Crippen molar-refractivity contribution in [2.75, 3.05) is 6.54 Å². The topological polar surface area (TPSA) is 87.7 Å². The third kappa shape index (κ3) is 5.35. The van der Waals surface area contributed by atoms with Crippen molar-refractivity contribution in [1.29, 1.82) is 0 Å². The molecule has 40 heavy (non-hydrogen) atoms. The number of aliphatic carboxylic acids is 1. The summed E-state index contributed by atoms with van der Waals surface area (Å²) in [5, 5.41) is 15.6. The Balaban J connectivity index is 1.18. The summed E-state index contributed by atoms with van der Waals surface area (Å²) in [5.41, 5.74) is 0.602. The van der Waals surface area contributed by atoms with Gasteiger partial charge in [0.1, 0.15) is 17.7 Å². The van der Waals surface area contributed by atoms with Crippen molar-refractivity contribution in [3.05, 3.63) is 53.3 Å². The van der Waals surface area contributed by atoms with Crippen LogP contribution in [-0.4, -0.2) is 46.9 Å². The molecule has 1 saturated heterocycles. The van der Waals surface area contributed by atoms with Gasteiger partial charge in [-0.1, -0.05) is 37.5 Å². The van der Waals surface area contributed by atoms with Crippen LogP contribution in [0.3, 0.4) is 0 Å². The van der Waals surface area contributed by atoms with Gasteiger partial charge in [-0.2, -0.15) is 0 Å². The second-order valence-corrected chi connectivity index (χ2v) is 12.4. The van der Waals surface area contributed by atoms with Gasteiger partial charge in [0.2, 0.25) is 5.67 Å². The molecule has 8 heteroatoms. The van der Waals surface area contributed by atoms with E-state index in [0.717, 1.165) is 50.5 Å². The Morgan fingerprint density at radius 1 is 1.05 bits per heavy atom. The molecule has 214 valence electrons. The van der Waals surface area contributed by atoms with E-state index in [1.165, 1.54) is 6.07 Å². The number of halogens is 2. The number of benzene rings is 2. The molecule has 1 spiro atoms. The monoisotopic (exact) mass is 552 g/mol. The minimum Gasteiger partial charge on any atom is -0.490 e. The van der Waals surface area contributed by atoms with Crippen molar-refractivity contribution in [1.82, 2.24) is 10.6 Å². The third-order valence-electron chi connectivity index (χ3n) is 9.60. The molecule has 1 amide bonds. The Morgan fingerprint density at radius 3 is 2.58 bits per heavy atom. The lowest BCUT2D eigenvalue weighted by atomic mass is 9.76. The number of ether oxygens (including phenoxy) is 1. The van der Waals surface area contributed by atoms with Crippen LogP contribution in [0.2, 0.25) is 0 Å². The van der Waals surface area contributed by atoms with Gasteiger partial charge in [0, 0.05) is 36.5 Å². The number of rotatable bonds is 8. The van der Waals surface area contributed by atoms with E-state index >= 15 is 8.78 Å². The van der Waals surface area contributed by atoms with Crippen molar-refractivity contribution >= 4 is 11.9 Å². The lowest BCUT2D eigenvalue weighted by molar-refractivity contribution is -0.136. The van der Waals surface area contributed by atoms with Gasteiger partial charge in [-0.25, -0.2) is 8.78 Å². The quantitative estimate of drug-likeness (QED) is 0.384. The SMILES string of the molecule is O=C(O)Cc1ccc(O[C@@H]2CC[C@@H](NC(=O)[C@]3(F)CNC4(CCCC4)C3)C2)c(-c2cccc(F)c2C2CCC2)c1. The fraction of sp³-hybridized carbons (Fsp3) is 0.562. The maximum absolute atomic E-state index is 15.7. The fourth-order valence-corrected chi connectivity index (χ4v) is 7.29. The molecule has 4 aliphatic rings. The van der Waals surface area contributed by atoms with Crippen LogP contribution in [0.25, 0.3) is 11.1 Å². The van der Waals surface area contributed by atoms with Crippen molar-refractivity contribution in [3.8, 4) is 16.9 Å². The molecule has 2 aromatic carbocycles. The molecule has 0 unspecified atom stereocenters. The number of hydrogen-bond donors (Lipinski definition) is 3. The zero-order chi connectivity index (χ0) is 27.9. The van der Waals surface area contributed by atoms with Gasteiger partial charge in [0.05, 0.1) is 6.42 Å². The lowest BCUT2D eigenvalue weighted by Gasteiger charge is -2.29. The molecule has 1 heterocycles. The maximum Gasteiger partial charge on any atom is 0.307 e. The molecule has 3 N–H and O–H groups in total. The van der Waals surface area contributed by atoms with Crippen LogP contribution >= 0.6 is 0 Å². The van der Waals surface area contributed by atoms with Gasteiger partial charge in [0.25, 0.3) is 5.91 Å². The van der Waals surface area contributed by atoms with E-state index in [0.29, 0.717) is 41.7 Å². The van der Waals surface area contributed by atoms with Crippen LogP contribution in [0.1, 0.15) is 87.7 Å². The lowest BCUT2D eigenvalue weighted by Crippen LogP contribution is -2.48. The summed E-state index contributed by atoms with van der Waals surface area (Å²) in [6, 6.07) is 10.2. The minimum atomic E-state index is -1.88. The second kappa shape index (κ2) is 10.8. The molecule has 6 rings (SSSR count). The zero-order valence-electron chi connectivity index (χ0n) is 22.8. The molecule has 0 bridgehead atoms. The van der Waals surface area contributed by atoms with E-state index in [1.807, 2.05) is 6.07 Å². The van der Waals surface area contributed by atoms with Crippen molar-refractivity contribution in [2.24, 2.45) is 0 Å². The third-order valence-corrected chi connectivity index (χ3v) is 9.60. The second-order valence-electron chi connectivity index (χ2n) is 12.4. The summed E-state index contributed by atoms with van der Waals surface area (Å²) < 4.78 is 37.2. The molecular formula is C32H38F2N2O4. The van der Waals surface area contributed by atoms with E-state index in [-0.39, 0.29) is 48.8 Å². The van der Waals surface area contributed by atoms with E-state index in [1.54, 1.807) is 24.3 Å². The molecule has 3 aliphatic carbocycles. The highest BCUT2D eigenvalue weighted by molar-refractivity contribution is 5.86. The van der Waals surface area contributed by atoms with E-state index < -0.39 is 17.5 Å². The first kappa shape index (κ1) is 27.2. The predicted octanol–water partition coefficient (Wildman–Crippen LogP) is 5.82. The van der Waals surface area contributed by atoms with Crippen molar-refractivity contribution in [2.45, 2.75) is 106 Å². The van der Waals surface area contributed by atoms with Crippen molar-refractivity contribution < 1.29 is 28.2 Å². The summed E-state index contributed by atoms with van der Waals surface area (Å²) in [6.07, 6.45) is 8.74. The van der Waals surface area contributed by atoms with E-state index in [4.69, 9.17) is 4.74 Å². The van der Waals surface area contributed by atoms with Gasteiger partial charge in [-0.15, -0.1) is 0 Å².